The number of hydrogen-bond donors (Lipinski definition) is 2. The molecule has 1 aromatic heterocycles. The average molecular weight is 674 g/mol. The van der Waals surface area contributed by atoms with Crippen LogP contribution >= 0.6 is 24.2 Å². The van der Waals surface area contributed by atoms with E-state index in [9.17, 15) is 24.5 Å². The first-order chi connectivity index (χ1) is 21.7. The SMILES string of the molecule is COC(=O)[C@](CCSC)(NC(=O)CCc1ccccc1)OC[C@]1(C(=O)Cc2cncn2Cc2ccc([N+](=O)[O-])cc2)CCCN1.Cl. The van der Waals surface area contributed by atoms with Crippen molar-refractivity contribution in [3.05, 3.63) is 94.1 Å². The van der Waals surface area contributed by atoms with Crippen molar-refractivity contribution >= 4 is 47.5 Å². The maximum atomic E-state index is 13.9. The number of imidazole rings is 1. The normalized spacial score (nSPS) is 17.0. The predicted octanol–water partition coefficient (Wildman–Crippen LogP) is 3.88. The van der Waals surface area contributed by atoms with Crippen molar-refractivity contribution in [2.75, 3.05) is 32.3 Å². The van der Waals surface area contributed by atoms with Crippen LogP contribution in [0.3, 0.4) is 0 Å². The summed E-state index contributed by atoms with van der Waals surface area (Å²) >= 11 is 1.50. The lowest BCUT2D eigenvalue weighted by Crippen LogP contribution is -2.61. The molecule has 0 spiro atoms. The molecule has 14 heteroatoms. The second-order valence-corrected chi connectivity index (χ2v) is 12.0. The molecule has 2 heterocycles. The zero-order chi connectivity index (χ0) is 32.3. The van der Waals surface area contributed by atoms with E-state index < -0.39 is 22.2 Å². The Kier molecular flexibility index (Phi) is 13.7. The number of esters is 1. The molecule has 2 aromatic carbocycles. The fourth-order valence-electron chi connectivity index (χ4n) is 5.37. The maximum Gasteiger partial charge on any atom is 0.359 e. The number of ether oxygens (including phenoxy) is 2. The van der Waals surface area contributed by atoms with Crippen LogP contribution in [-0.4, -0.2) is 75.7 Å². The van der Waals surface area contributed by atoms with Gasteiger partial charge in [0.2, 0.25) is 11.6 Å². The summed E-state index contributed by atoms with van der Waals surface area (Å²) in [6, 6.07) is 15.8. The minimum absolute atomic E-state index is 0. The van der Waals surface area contributed by atoms with E-state index in [1.165, 1.54) is 31.0 Å². The number of carbonyl (C=O) groups excluding carboxylic acids is 3. The number of aryl methyl sites for hydroxylation is 1. The largest absolute Gasteiger partial charge is 0.465 e. The van der Waals surface area contributed by atoms with E-state index in [-0.39, 0.29) is 55.7 Å². The number of aromatic nitrogens is 2. The highest BCUT2D eigenvalue weighted by Crippen LogP contribution is 2.28. The molecule has 2 atom stereocenters. The zero-order valence-corrected chi connectivity index (χ0v) is 27.6. The van der Waals surface area contributed by atoms with Gasteiger partial charge in [0.05, 0.1) is 31.4 Å². The van der Waals surface area contributed by atoms with Crippen molar-refractivity contribution in [3.63, 3.8) is 0 Å². The first-order valence-electron chi connectivity index (χ1n) is 14.8. The number of hydrogen-bond acceptors (Lipinski definition) is 10. The molecule has 1 aliphatic heterocycles. The van der Waals surface area contributed by atoms with E-state index in [2.05, 4.69) is 15.6 Å². The van der Waals surface area contributed by atoms with Crippen molar-refractivity contribution in [2.45, 2.75) is 56.3 Å². The van der Waals surface area contributed by atoms with E-state index in [1.807, 2.05) is 41.2 Å². The Labute approximate surface area is 278 Å². The molecule has 1 amide bonds. The summed E-state index contributed by atoms with van der Waals surface area (Å²) in [5.74, 6) is -0.722. The van der Waals surface area contributed by atoms with Gasteiger partial charge in [-0.3, -0.25) is 19.7 Å². The third-order valence-corrected chi connectivity index (χ3v) is 8.59. The number of Topliss-reactive ketones (excluding diaryl/α,β-unsaturated/α-hetero) is 1. The summed E-state index contributed by atoms with van der Waals surface area (Å²) in [6.07, 6.45) is 7.19. The van der Waals surface area contributed by atoms with Gasteiger partial charge in [-0.25, -0.2) is 9.78 Å². The molecule has 3 aromatic rings. The molecule has 46 heavy (non-hydrogen) atoms. The molecule has 0 aliphatic carbocycles. The van der Waals surface area contributed by atoms with Crippen LogP contribution in [0.1, 0.15) is 42.5 Å². The van der Waals surface area contributed by atoms with E-state index in [0.717, 1.165) is 17.5 Å². The number of halogens is 1. The number of nitrogens with zero attached hydrogens (tertiary/aromatic N) is 3. The molecule has 1 fully saturated rings. The molecule has 1 saturated heterocycles. The third-order valence-electron chi connectivity index (χ3n) is 7.98. The molecule has 0 unspecified atom stereocenters. The van der Waals surface area contributed by atoms with Gasteiger partial charge >= 0.3 is 5.97 Å². The van der Waals surface area contributed by atoms with Gasteiger partial charge in [0.25, 0.3) is 5.69 Å². The van der Waals surface area contributed by atoms with Crippen LogP contribution in [0.2, 0.25) is 0 Å². The standard InChI is InChI=1S/C32H39N5O7S.ClH/c1-43-30(40)32(16-18-45-2,35-29(39)14-11-24-7-4-3-5-8-24)44-22-31(15-6-17-34-31)28(38)19-27-20-33-23-36(27)21-25-9-12-26(13-10-25)37(41)42;/h3-5,7-10,12-13,20,23,34H,6,11,14-19,21-22H2,1-2H3,(H,35,39);1H/t31-,32+;/m0./s1. The molecule has 1 aliphatic rings. The lowest BCUT2D eigenvalue weighted by atomic mass is 9.90. The third kappa shape index (κ3) is 9.38. The minimum Gasteiger partial charge on any atom is -0.465 e. The maximum absolute atomic E-state index is 13.9. The Morgan fingerprint density at radius 2 is 1.89 bits per heavy atom. The second kappa shape index (κ2) is 17.2. The van der Waals surface area contributed by atoms with Crippen LogP contribution in [0.25, 0.3) is 0 Å². The number of amides is 1. The summed E-state index contributed by atoms with van der Waals surface area (Å²) in [5.41, 5.74) is -0.363. The number of thioether (sulfide) groups is 1. The quantitative estimate of drug-likeness (QED) is 0.0934. The Bertz CT molecular complexity index is 1470. The molecule has 4 rings (SSSR count). The van der Waals surface area contributed by atoms with Gasteiger partial charge in [0, 0.05) is 43.4 Å². The first-order valence-corrected chi connectivity index (χ1v) is 16.2. The number of nitrogens with one attached hydrogen (secondary N) is 2. The van der Waals surface area contributed by atoms with Crippen LogP contribution in [0.5, 0.6) is 0 Å². The van der Waals surface area contributed by atoms with Gasteiger partial charge in [0.15, 0.2) is 5.78 Å². The number of methoxy groups -OCH3 is 1. The van der Waals surface area contributed by atoms with Crippen LogP contribution in [-0.2, 0) is 43.2 Å². The lowest BCUT2D eigenvalue weighted by Gasteiger charge is -2.36. The fourth-order valence-corrected chi connectivity index (χ4v) is 5.86. The number of ketones is 1. The summed E-state index contributed by atoms with van der Waals surface area (Å²) < 4.78 is 13.3. The average Bonchev–Trinajstić information content (AvgIpc) is 3.72. The van der Waals surface area contributed by atoms with E-state index >= 15 is 0 Å². The molecule has 248 valence electrons. The molecule has 0 bridgehead atoms. The van der Waals surface area contributed by atoms with Crippen molar-refractivity contribution in [1.29, 1.82) is 0 Å². The number of nitro benzene ring substituents is 1. The van der Waals surface area contributed by atoms with Crippen molar-refractivity contribution in [1.82, 2.24) is 20.2 Å². The Hall–Kier alpha value is -3.78. The van der Waals surface area contributed by atoms with Gasteiger partial charge in [-0.05, 0) is 48.9 Å². The van der Waals surface area contributed by atoms with Gasteiger partial charge in [-0.2, -0.15) is 11.8 Å². The van der Waals surface area contributed by atoms with Crippen LogP contribution in [0.4, 0.5) is 5.69 Å². The molecular weight excluding hydrogens is 634 g/mol. The number of rotatable bonds is 17. The minimum atomic E-state index is -1.76. The van der Waals surface area contributed by atoms with E-state index in [1.54, 1.807) is 24.7 Å². The molecule has 12 nitrogen and oxygen atoms in total. The monoisotopic (exact) mass is 673 g/mol. The zero-order valence-electron chi connectivity index (χ0n) is 25.9. The Morgan fingerprint density at radius 1 is 1.15 bits per heavy atom. The second-order valence-electron chi connectivity index (χ2n) is 11.0. The van der Waals surface area contributed by atoms with Crippen molar-refractivity contribution < 1.29 is 28.8 Å². The van der Waals surface area contributed by atoms with E-state index in [0.29, 0.717) is 37.4 Å². The van der Waals surface area contributed by atoms with Gasteiger partial charge in [0.1, 0.15) is 5.54 Å². The van der Waals surface area contributed by atoms with Crippen molar-refractivity contribution in [3.8, 4) is 0 Å². The molecule has 0 saturated carbocycles. The lowest BCUT2D eigenvalue weighted by molar-refractivity contribution is -0.384. The Morgan fingerprint density at radius 3 is 2.52 bits per heavy atom. The van der Waals surface area contributed by atoms with Gasteiger partial charge in [-0.15, -0.1) is 12.4 Å². The predicted molar refractivity (Wildman–Crippen MR) is 177 cm³/mol. The number of carbonyl (C=O) groups is 3. The van der Waals surface area contributed by atoms with Gasteiger partial charge in [-0.1, -0.05) is 42.5 Å². The van der Waals surface area contributed by atoms with Crippen LogP contribution < -0.4 is 10.6 Å². The number of nitro groups is 1. The molecule has 0 radical (unpaired) electrons. The Balaban J connectivity index is 0.00000576. The summed E-state index contributed by atoms with van der Waals surface area (Å²) in [4.78, 5) is 55.1. The highest BCUT2D eigenvalue weighted by molar-refractivity contribution is 7.98. The molecule has 2 N–H and O–H groups in total. The summed E-state index contributed by atoms with van der Waals surface area (Å²) in [7, 11) is 1.25. The highest BCUT2D eigenvalue weighted by atomic mass is 35.5. The highest BCUT2D eigenvalue weighted by Gasteiger charge is 2.48. The smallest absolute Gasteiger partial charge is 0.359 e. The van der Waals surface area contributed by atoms with Gasteiger partial charge < -0.3 is 24.7 Å². The summed E-state index contributed by atoms with van der Waals surface area (Å²) in [5, 5.41) is 17.1. The van der Waals surface area contributed by atoms with E-state index in [4.69, 9.17) is 9.47 Å². The van der Waals surface area contributed by atoms with Crippen molar-refractivity contribution in [2.24, 2.45) is 0 Å². The summed E-state index contributed by atoms with van der Waals surface area (Å²) in [6.45, 7) is 0.827. The number of benzene rings is 2. The van der Waals surface area contributed by atoms with Crippen LogP contribution in [0, 0.1) is 10.1 Å². The topological polar surface area (TPSA) is 155 Å². The number of non-ortho nitro benzene ring substituents is 1. The fraction of sp³-hybridized carbons (Fsp3) is 0.438. The first kappa shape index (κ1) is 36.7. The molecular formula is C32H40ClN5O7S. The van der Waals surface area contributed by atoms with Crippen LogP contribution in [0.15, 0.2) is 67.1 Å².